The van der Waals surface area contributed by atoms with Crippen molar-refractivity contribution in [1.29, 1.82) is 0 Å². The van der Waals surface area contributed by atoms with Crippen LogP contribution in [0.5, 0.6) is 5.88 Å². The number of carbonyl (C=O) groups excluding carboxylic acids is 1. The number of pyridine rings is 1. The Kier molecular flexibility index (Phi) is 5.36. The molecule has 0 aliphatic heterocycles. The third-order valence-electron chi connectivity index (χ3n) is 2.04. The molecule has 19 heavy (non-hydrogen) atoms. The minimum atomic E-state index is -0.480. The van der Waals surface area contributed by atoms with Gasteiger partial charge in [-0.05, 0) is 32.4 Å². The van der Waals surface area contributed by atoms with E-state index in [1.54, 1.807) is 13.3 Å². The van der Waals surface area contributed by atoms with Gasteiger partial charge in [-0.15, -0.1) is 0 Å². The lowest BCUT2D eigenvalue weighted by molar-refractivity contribution is 0.0534. The summed E-state index contributed by atoms with van der Waals surface area (Å²) in [6.45, 7) is 5.88. The van der Waals surface area contributed by atoms with Crippen LogP contribution in [0.1, 0.15) is 26.3 Å². The minimum absolute atomic E-state index is 0.402. The normalized spacial score (nSPS) is 11.4. The maximum atomic E-state index is 11.4. The molecule has 1 aromatic rings. The zero-order valence-electron chi connectivity index (χ0n) is 11.8. The molecule has 0 radical (unpaired) electrons. The number of carbonyl (C=O) groups is 1. The molecule has 5 heteroatoms. The number of alkyl carbamates (subject to hydrolysis) is 1. The molecular weight excluding hydrogens is 244 g/mol. The Morgan fingerprint density at radius 2 is 2.21 bits per heavy atom. The van der Waals surface area contributed by atoms with Gasteiger partial charge in [0.25, 0.3) is 0 Å². The van der Waals surface area contributed by atoms with E-state index < -0.39 is 11.7 Å². The number of amides is 1. The van der Waals surface area contributed by atoms with Crippen molar-refractivity contribution in [2.45, 2.75) is 26.4 Å². The van der Waals surface area contributed by atoms with Crippen LogP contribution in [0.25, 0.3) is 6.08 Å². The van der Waals surface area contributed by atoms with Crippen LogP contribution >= 0.6 is 0 Å². The monoisotopic (exact) mass is 264 g/mol. The van der Waals surface area contributed by atoms with E-state index in [4.69, 9.17) is 9.47 Å². The van der Waals surface area contributed by atoms with E-state index in [0.717, 1.165) is 5.56 Å². The number of methoxy groups -OCH3 is 1. The van der Waals surface area contributed by atoms with Crippen LogP contribution in [0.3, 0.4) is 0 Å². The summed E-state index contributed by atoms with van der Waals surface area (Å²) in [5, 5.41) is 2.64. The molecule has 104 valence electrons. The van der Waals surface area contributed by atoms with Gasteiger partial charge in [0.15, 0.2) is 0 Å². The van der Waals surface area contributed by atoms with Crippen molar-refractivity contribution >= 4 is 12.2 Å². The van der Waals surface area contributed by atoms with Gasteiger partial charge in [-0.3, -0.25) is 0 Å². The van der Waals surface area contributed by atoms with E-state index >= 15 is 0 Å². The van der Waals surface area contributed by atoms with Crippen LogP contribution in [-0.4, -0.2) is 30.3 Å². The van der Waals surface area contributed by atoms with Crippen LogP contribution in [0, 0.1) is 0 Å². The van der Waals surface area contributed by atoms with Crippen LogP contribution in [0.4, 0.5) is 4.79 Å². The predicted octanol–water partition coefficient (Wildman–Crippen LogP) is 2.63. The first-order chi connectivity index (χ1) is 8.90. The third-order valence-corrected chi connectivity index (χ3v) is 2.04. The van der Waals surface area contributed by atoms with Crippen molar-refractivity contribution in [2.75, 3.05) is 13.7 Å². The summed E-state index contributed by atoms with van der Waals surface area (Å²) in [6.07, 6.45) is 4.95. The second-order valence-electron chi connectivity index (χ2n) is 4.92. The molecular formula is C14H20N2O3. The molecule has 1 N–H and O–H groups in total. The van der Waals surface area contributed by atoms with Gasteiger partial charge in [-0.25, -0.2) is 9.78 Å². The number of rotatable bonds is 4. The lowest BCUT2D eigenvalue weighted by atomic mass is 10.2. The van der Waals surface area contributed by atoms with E-state index in [9.17, 15) is 4.79 Å². The Balaban J connectivity index is 2.40. The first-order valence-corrected chi connectivity index (χ1v) is 6.04. The molecule has 0 unspecified atom stereocenters. The SMILES string of the molecule is COc1cc(C=CCNC(=O)OC(C)(C)C)ccn1. The van der Waals surface area contributed by atoms with Crippen molar-refractivity contribution in [2.24, 2.45) is 0 Å². The highest BCUT2D eigenvalue weighted by molar-refractivity contribution is 5.68. The summed E-state index contributed by atoms with van der Waals surface area (Å²) in [5.74, 6) is 0.558. The first kappa shape index (κ1) is 15.0. The van der Waals surface area contributed by atoms with Gasteiger partial charge >= 0.3 is 6.09 Å². The molecule has 0 aliphatic carbocycles. The molecule has 5 nitrogen and oxygen atoms in total. The standard InChI is InChI=1S/C14H20N2O3/c1-14(2,3)19-13(17)16-8-5-6-11-7-9-15-12(10-11)18-4/h5-7,9-10H,8H2,1-4H3,(H,16,17). The summed E-state index contributed by atoms with van der Waals surface area (Å²) >= 11 is 0. The number of nitrogens with one attached hydrogen (secondary N) is 1. The second kappa shape index (κ2) is 6.78. The van der Waals surface area contributed by atoms with E-state index in [1.807, 2.05) is 45.1 Å². The summed E-state index contributed by atoms with van der Waals surface area (Å²) in [5.41, 5.74) is 0.476. The van der Waals surface area contributed by atoms with Gasteiger partial charge in [-0.1, -0.05) is 12.2 Å². The second-order valence-corrected chi connectivity index (χ2v) is 4.92. The average molecular weight is 264 g/mol. The quantitative estimate of drug-likeness (QED) is 0.908. The molecule has 1 amide bonds. The van der Waals surface area contributed by atoms with Gasteiger partial charge in [-0.2, -0.15) is 0 Å². The highest BCUT2D eigenvalue weighted by atomic mass is 16.6. The van der Waals surface area contributed by atoms with Crippen molar-refractivity contribution in [3.05, 3.63) is 30.0 Å². The van der Waals surface area contributed by atoms with Crippen LogP contribution in [0.2, 0.25) is 0 Å². The molecule has 0 aliphatic rings. The number of hydrogen-bond acceptors (Lipinski definition) is 4. The summed E-state index contributed by atoms with van der Waals surface area (Å²) in [7, 11) is 1.57. The molecule has 0 bridgehead atoms. The topological polar surface area (TPSA) is 60.5 Å². The lowest BCUT2D eigenvalue weighted by Gasteiger charge is -2.19. The smallest absolute Gasteiger partial charge is 0.407 e. The average Bonchev–Trinajstić information content (AvgIpc) is 2.33. The minimum Gasteiger partial charge on any atom is -0.481 e. The van der Waals surface area contributed by atoms with Gasteiger partial charge in [0, 0.05) is 18.8 Å². The molecule has 0 saturated heterocycles. The van der Waals surface area contributed by atoms with Crippen molar-refractivity contribution in [3.8, 4) is 5.88 Å². The molecule has 0 fully saturated rings. The number of nitrogens with zero attached hydrogens (tertiary/aromatic N) is 1. The van der Waals surface area contributed by atoms with Gasteiger partial charge in [0.1, 0.15) is 5.60 Å². The van der Waals surface area contributed by atoms with E-state index in [-0.39, 0.29) is 0 Å². The van der Waals surface area contributed by atoms with Gasteiger partial charge in [0.05, 0.1) is 7.11 Å². The van der Waals surface area contributed by atoms with Crippen LogP contribution in [0.15, 0.2) is 24.4 Å². The maximum Gasteiger partial charge on any atom is 0.407 e. The zero-order chi connectivity index (χ0) is 14.3. The highest BCUT2D eigenvalue weighted by Crippen LogP contribution is 2.09. The Bertz CT molecular complexity index is 450. The molecule has 0 spiro atoms. The van der Waals surface area contributed by atoms with Crippen LogP contribution in [-0.2, 0) is 4.74 Å². The van der Waals surface area contributed by atoms with Crippen molar-refractivity contribution in [1.82, 2.24) is 10.3 Å². The largest absolute Gasteiger partial charge is 0.481 e. The first-order valence-electron chi connectivity index (χ1n) is 6.04. The molecule has 0 atom stereocenters. The molecule has 0 aromatic carbocycles. The van der Waals surface area contributed by atoms with Gasteiger partial charge < -0.3 is 14.8 Å². The maximum absolute atomic E-state index is 11.4. The Labute approximate surface area is 113 Å². The molecule has 1 aromatic heterocycles. The lowest BCUT2D eigenvalue weighted by Crippen LogP contribution is -2.32. The Hall–Kier alpha value is -2.04. The Morgan fingerprint density at radius 1 is 1.47 bits per heavy atom. The Morgan fingerprint density at radius 3 is 2.84 bits per heavy atom. The van der Waals surface area contributed by atoms with Crippen molar-refractivity contribution in [3.63, 3.8) is 0 Å². The fraction of sp³-hybridized carbons (Fsp3) is 0.429. The van der Waals surface area contributed by atoms with E-state index in [1.165, 1.54) is 0 Å². The molecule has 1 rings (SSSR count). The van der Waals surface area contributed by atoms with Crippen LogP contribution < -0.4 is 10.1 Å². The fourth-order valence-electron chi connectivity index (χ4n) is 1.29. The van der Waals surface area contributed by atoms with Gasteiger partial charge in [0.2, 0.25) is 5.88 Å². The fourth-order valence-corrected chi connectivity index (χ4v) is 1.29. The van der Waals surface area contributed by atoms with E-state index in [0.29, 0.717) is 12.4 Å². The highest BCUT2D eigenvalue weighted by Gasteiger charge is 2.14. The van der Waals surface area contributed by atoms with Crippen molar-refractivity contribution < 1.29 is 14.3 Å². The zero-order valence-corrected chi connectivity index (χ0v) is 11.8. The number of hydrogen-bond donors (Lipinski definition) is 1. The number of ether oxygens (including phenoxy) is 2. The number of aromatic nitrogens is 1. The summed E-state index contributed by atoms with van der Waals surface area (Å²) in [4.78, 5) is 15.4. The molecule has 0 saturated carbocycles. The summed E-state index contributed by atoms with van der Waals surface area (Å²) < 4.78 is 10.1. The molecule has 1 heterocycles. The predicted molar refractivity (Wildman–Crippen MR) is 74.1 cm³/mol. The van der Waals surface area contributed by atoms with E-state index in [2.05, 4.69) is 10.3 Å². The summed E-state index contributed by atoms with van der Waals surface area (Å²) in [6, 6.07) is 3.66. The third kappa shape index (κ3) is 6.45.